The van der Waals surface area contributed by atoms with Gasteiger partial charge in [0.15, 0.2) is 17.3 Å². The van der Waals surface area contributed by atoms with Gasteiger partial charge in [-0.15, -0.1) is 0 Å². The van der Waals surface area contributed by atoms with Crippen LogP contribution in [0.5, 0.6) is 0 Å². The molecule has 1 aromatic carbocycles. The standard InChI is InChI=1S/C12H9F3N2O3/c13-7-3-8(14)11(9(15)4-7)17-5-6(1-2-18)10(16-17)12(19)20/h3-5,18H,1-2H2,(H,19,20). The minimum absolute atomic E-state index is 0.0356. The first-order valence-corrected chi connectivity index (χ1v) is 5.51. The van der Waals surface area contributed by atoms with Gasteiger partial charge in [-0.1, -0.05) is 0 Å². The van der Waals surface area contributed by atoms with Crippen molar-refractivity contribution in [3.05, 3.63) is 47.0 Å². The van der Waals surface area contributed by atoms with E-state index in [1.165, 1.54) is 0 Å². The van der Waals surface area contributed by atoms with Gasteiger partial charge in [-0.2, -0.15) is 5.10 Å². The molecule has 0 saturated heterocycles. The van der Waals surface area contributed by atoms with Crippen LogP contribution in [0.25, 0.3) is 5.69 Å². The molecule has 1 aromatic heterocycles. The number of aromatic nitrogens is 2. The Morgan fingerprint density at radius 2 is 1.85 bits per heavy atom. The smallest absolute Gasteiger partial charge is 0.356 e. The van der Waals surface area contributed by atoms with Crippen LogP contribution < -0.4 is 0 Å². The highest BCUT2D eigenvalue weighted by Crippen LogP contribution is 2.20. The van der Waals surface area contributed by atoms with Gasteiger partial charge in [-0.25, -0.2) is 22.6 Å². The first-order valence-electron chi connectivity index (χ1n) is 5.51. The van der Waals surface area contributed by atoms with Crippen LogP contribution >= 0.6 is 0 Å². The summed E-state index contributed by atoms with van der Waals surface area (Å²) in [5.41, 5.74) is -0.997. The van der Waals surface area contributed by atoms with Crippen LogP contribution in [-0.4, -0.2) is 32.6 Å². The highest BCUT2D eigenvalue weighted by Gasteiger charge is 2.20. The lowest BCUT2D eigenvalue weighted by molar-refractivity contribution is 0.0688. The molecule has 106 valence electrons. The predicted molar refractivity (Wildman–Crippen MR) is 61.2 cm³/mol. The quantitative estimate of drug-likeness (QED) is 0.893. The third kappa shape index (κ3) is 2.50. The van der Waals surface area contributed by atoms with E-state index in [2.05, 4.69) is 5.10 Å². The SMILES string of the molecule is O=C(O)c1nn(-c2c(F)cc(F)cc2F)cc1CCO. The summed E-state index contributed by atoms with van der Waals surface area (Å²) in [6.45, 7) is -0.347. The van der Waals surface area contributed by atoms with Crippen LogP contribution in [0.4, 0.5) is 13.2 Å². The van der Waals surface area contributed by atoms with E-state index in [0.717, 1.165) is 6.20 Å². The molecule has 0 radical (unpaired) electrons. The molecule has 0 aliphatic heterocycles. The van der Waals surface area contributed by atoms with Crippen molar-refractivity contribution in [3.8, 4) is 5.69 Å². The Morgan fingerprint density at radius 1 is 1.25 bits per heavy atom. The number of carboxylic acid groups (broad SMARTS) is 1. The average Bonchev–Trinajstić information content (AvgIpc) is 2.72. The molecule has 20 heavy (non-hydrogen) atoms. The van der Waals surface area contributed by atoms with Crippen LogP contribution in [0.2, 0.25) is 0 Å². The topological polar surface area (TPSA) is 75.3 Å². The van der Waals surface area contributed by atoms with Crippen LogP contribution in [-0.2, 0) is 6.42 Å². The molecular formula is C12H9F3N2O3. The predicted octanol–water partition coefficient (Wildman–Crippen LogP) is 1.52. The number of rotatable bonds is 4. The zero-order valence-corrected chi connectivity index (χ0v) is 9.98. The van der Waals surface area contributed by atoms with E-state index in [1.807, 2.05) is 0 Å². The molecule has 0 spiro atoms. The minimum atomic E-state index is -1.39. The van der Waals surface area contributed by atoms with E-state index in [9.17, 15) is 18.0 Å². The Hall–Kier alpha value is -2.35. The van der Waals surface area contributed by atoms with Crippen LogP contribution in [0.15, 0.2) is 18.3 Å². The van der Waals surface area contributed by atoms with E-state index >= 15 is 0 Å². The van der Waals surface area contributed by atoms with Crippen molar-refractivity contribution in [1.29, 1.82) is 0 Å². The van der Waals surface area contributed by atoms with E-state index < -0.39 is 34.8 Å². The fourth-order valence-corrected chi connectivity index (χ4v) is 1.76. The number of aliphatic hydroxyl groups excluding tert-OH is 1. The molecule has 0 bridgehead atoms. The molecule has 1 heterocycles. The summed E-state index contributed by atoms with van der Waals surface area (Å²) < 4.78 is 40.7. The Balaban J connectivity index is 2.59. The Bertz CT molecular complexity index is 647. The van der Waals surface area contributed by atoms with Gasteiger partial charge < -0.3 is 10.2 Å². The molecule has 8 heteroatoms. The molecule has 5 nitrogen and oxygen atoms in total. The number of carbonyl (C=O) groups is 1. The minimum Gasteiger partial charge on any atom is -0.476 e. The Labute approximate surface area is 110 Å². The second kappa shape index (κ2) is 5.33. The summed E-state index contributed by atoms with van der Waals surface area (Å²) in [7, 11) is 0. The van der Waals surface area contributed by atoms with E-state index in [-0.39, 0.29) is 18.6 Å². The fraction of sp³-hybridized carbons (Fsp3) is 0.167. The summed E-state index contributed by atoms with van der Waals surface area (Å²) >= 11 is 0. The van der Waals surface area contributed by atoms with Crippen molar-refractivity contribution in [1.82, 2.24) is 9.78 Å². The summed E-state index contributed by atoms with van der Waals surface area (Å²) in [6.07, 6.45) is 1.05. The fourth-order valence-electron chi connectivity index (χ4n) is 1.76. The summed E-state index contributed by atoms with van der Waals surface area (Å²) in [4.78, 5) is 11.0. The van der Waals surface area contributed by atoms with Crippen LogP contribution in [0, 0.1) is 17.5 Å². The molecule has 0 unspecified atom stereocenters. The van der Waals surface area contributed by atoms with E-state index in [4.69, 9.17) is 10.2 Å². The lowest BCUT2D eigenvalue weighted by atomic mass is 10.2. The van der Waals surface area contributed by atoms with Gasteiger partial charge in [0.25, 0.3) is 0 Å². The van der Waals surface area contributed by atoms with Crippen molar-refractivity contribution < 1.29 is 28.2 Å². The Morgan fingerprint density at radius 3 is 2.35 bits per heavy atom. The highest BCUT2D eigenvalue weighted by molar-refractivity contribution is 5.87. The molecular weight excluding hydrogens is 277 g/mol. The van der Waals surface area contributed by atoms with Crippen LogP contribution in [0.3, 0.4) is 0 Å². The number of nitrogens with zero attached hydrogens (tertiary/aromatic N) is 2. The molecule has 0 amide bonds. The van der Waals surface area contributed by atoms with E-state index in [1.54, 1.807) is 0 Å². The number of halogens is 3. The normalized spacial score (nSPS) is 10.8. The van der Waals surface area contributed by atoms with Gasteiger partial charge in [0.2, 0.25) is 0 Å². The first kappa shape index (κ1) is 14.1. The second-order valence-electron chi connectivity index (χ2n) is 3.94. The molecule has 2 N–H and O–H groups in total. The van der Waals surface area contributed by atoms with E-state index in [0.29, 0.717) is 16.8 Å². The highest BCUT2D eigenvalue weighted by atomic mass is 19.1. The number of aromatic carboxylic acids is 1. The van der Waals surface area contributed by atoms with Crippen molar-refractivity contribution in [3.63, 3.8) is 0 Å². The van der Waals surface area contributed by atoms with Gasteiger partial charge in [0, 0.05) is 30.5 Å². The van der Waals surface area contributed by atoms with Gasteiger partial charge >= 0.3 is 5.97 Å². The Kier molecular flexibility index (Phi) is 3.75. The monoisotopic (exact) mass is 286 g/mol. The number of hydrogen-bond donors (Lipinski definition) is 2. The molecule has 0 aliphatic rings. The maximum absolute atomic E-state index is 13.6. The first-order chi connectivity index (χ1) is 9.43. The van der Waals surface area contributed by atoms with Crippen molar-refractivity contribution >= 4 is 5.97 Å². The average molecular weight is 286 g/mol. The van der Waals surface area contributed by atoms with Crippen molar-refractivity contribution in [2.45, 2.75) is 6.42 Å². The van der Waals surface area contributed by atoms with Crippen molar-refractivity contribution in [2.75, 3.05) is 6.61 Å². The summed E-state index contributed by atoms with van der Waals surface area (Å²) in [6, 6.07) is 0.929. The maximum Gasteiger partial charge on any atom is 0.356 e. The van der Waals surface area contributed by atoms with Crippen molar-refractivity contribution in [2.24, 2.45) is 0 Å². The number of carboxylic acids is 1. The molecule has 0 saturated carbocycles. The summed E-state index contributed by atoms with van der Waals surface area (Å²) in [5.74, 6) is -4.91. The van der Waals surface area contributed by atoms with Gasteiger partial charge in [-0.05, 0) is 6.42 Å². The molecule has 2 rings (SSSR count). The lowest BCUT2D eigenvalue weighted by Crippen LogP contribution is -2.06. The number of aliphatic hydroxyl groups is 1. The van der Waals surface area contributed by atoms with Gasteiger partial charge in [0.05, 0.1) is 0 Å². The lowest BCUT2D eigenvalue weighted by Gasteiger charge is -2.04. The molecule has 0 atom stereocenters. The zero-order chi connectivity index (χ0) is 14.9. The number of hydrogen-bond acceptors (Lipinski definition) is 3. The molecule has 0 fully saturated rings. The maximum atomic E-state index is 13.6. The molecule has 2 aromatic rings. The summed E-state index contributed by atoms with van der Waals surface area (Å²) in [5, 5.41) is 21.3. The van der Waals surface area contributed by atoms with Gasteiger partial charge in [0.1, 0.15) is 11.5 Å². The second-order valence-corrected chi connectivity index (χ2v) is 3.94. The van der Waals surface area contributed by atoms with Gasteiger partial charge in [-0.3, -0.25) is 0 Å². The molecule has 0 aliphatic carbocycles. The third-order valence-electron chi connectivity index (χ3n) is 2.58. The number of benzene rings is 1. The zero-order valence-electron chi connectivity index (χ0n) is 9.98. The third-order valence-corrected chi connectivity index (χ3v) is 2.58. The largest absolute Gasteiger partial charge is 0.476 e. The van der Waals surface area contributed by atoms with Crippen LogP contribution in [0.1, 0.15) is 16.1 Å².